The van der Waals surface area contributed by atoms with E-state index in [-0.39, 0.29) is 47.9 Å². The third-order valence-corrected chi connectivity index (χ3v) is 6.79. The first-order valence-electron chi connectivity index (χ1n) is 17.2. The van der Waals surface area contributed by atoms with Crippen molar-refractivity contribution < 1.29 is 38.5 Å². The SMILES string of the molecule is [2H]C(C)(C)c1ccnc(-c2[c-]ccc3c2oc2ccccc23)c1.[2H]C([2H])([2H])c1c[c-]c(-c2cc(CC(C)(C)C)c(C([2H])([2H])[2H])cn2)c(F)c1.[Ir]. The van der Waals surface area contributed by atoms with Crippen molar-refractivity contribution in [1.29, 1.82) is 0 Å². The molecule has 43 heavy (non-hydrogen) atoms. The number of benzene rings is 3. The number of para-hydroxylation sites is 1. The van der Waals surface area contributed by atoms with Crippen molar-refractivity contribution >= 4 is 21.9 Å². The van der Waals surface area contributed by atoms with Gasteiger partial charge < -0.3 is 14.4 Å². The van der Waals surface area contributed by atoms with Crippen LogP contribution in [0.4, 0.5) is 4.39 Å². The van der Waals surface area contributed by atoms with Gasteiger partial charge in [0.2, 0.25) is 0 Å². The molecule has 0 fully saturated rings. The molecule has 0 saturated carbocycles. The number of pyridine rings is 2. The molecule has 3 aromatic carbocycles. The predicted molar refractivity (Wildman–Crippen MR) is 171 cm³/mol. The smallest absolute Gasteiger partial charge is 0.120 e. The van der Waals surface area contributed by atoms with Gasteiger partial charge in [-0.25, -0.2) is 0 Å². The molecule has 0 amide bonds. The molecule has 1 radical (unpaired) electrons. The predicted octanol–water partition coefficient (Wildman–Crippen LogP) is 10.5. The number of aromatic nitrogens is 2. The molecule has 0 aliphatic carbocycles. The van der Waals surface area contributed by atoms with E-state index in [1.807, 2.05) is 77.1 Å². The molecule has 0 N–H and O–H groups in total. The molecular formula is C38H37FIrN2O-2. The van der Waals surface area contributed by atoms with Crippen molar-refractivity contribution in [3.05, 3.63) is 119 Å². The van der Waals surface area contributed by atoms with Crippen molar-refractivity contribution in [2.45, 2.75) is 60.6 Å². The van der Waals surface area contributed by atoms with E-state index in [1.54, 1.807) is 12.3 Å². The first-order chi connectivity index (χ1) is 22.7. The van der Waals surface area contributed by atoms with Crippen LogP contribution in [0.15, 0.2) is 83.5 Å². The first kappa shape index (κ1) is 23.8. The molecule has 0 atom stereocenters. The summed E-state index contributed by atoms with van der Waals surface area (Å²) >= 11 is 0. The molecule has 5 heteroatoms. The van der Waals surface area contributed by atoms with E-state index in [1.165, 1.54) is 12.3 Å². The quantitative estimate of drug-likeness (QED) is 0.168. The van der Waals surface area contributed by atoms with Crippen LogP contribution in [-0.2, 0) is 26.5 Å². The van der Waals surface area contributed by atoms with Gasteiger partial charge in [-0.3, -0.25) is 4.39 Å². The molecule has 3 nitrogen and oxygen atoms in total. The van der Waals surface area contributed by atoms with Gasteiger partial charge in [0, 0.05) is 53.3 Å². The summed E-state index contributed by atoms with van der Waals surface area (Å²) in [6.07, 6.45) is 3.47. The molecule has 223 valence electrons. The summed E-state index contributed by atoms with van der Waals surface area (Å²) in [5, 5.41) is 2.15. The topological polar surface area (TPSA) is 38.9 Å². The molecule has 0 aliphatic rings. The van der Waals surface area contributed by atoms with Gasteiger partial charge in [0.25, 0.3) is 0 Å². The summed E-state index contributed by atoms with van der Waals surface area (Å²) in [5.41, 5.74) is 4.82. The average Bonchev–Trinajstić information content (AvgIpc) is 3.38. The fraction of sp³-hybridized carbons (Fsp3) is 0.263. The van der Waals surface area contributed by atoms with Gasteiger partial charge in [0.1, 0.15) is 5.58 Å². The van der Waals surface area contributed by atoms with Crippen LogP contribution in [0, 0.1) is 37.1 Å². The number of halogens is 1. The van der Waals surface area contributed by atoms with E-state index < -0.39 is 25.4 Å². The Morgan fingerprint density at radius 2 is 1.74 bits per heavy atom. The maximum atomic E-state index is 14.4. The molecule has 3 aromatic heterocycles. The first-order valence-corrected chi connectivity index (χ1v) is 13.7. The number of fused-ring (bicyclic) bond motifs is 3. The molecule has 0 unspecified atom stereocenters. The van der Waals surface area contributed by atoms with Crippen LogP contribution >= 0.6 is 0 Å². The normalized spacial score (nSPS) is 14.6. The Morgan fingerprint density at radius 1 is 0.953 bits per heavy atom. The second kappa shape index (κ2) is 13.3. The van der Waals surface area contributed by atoms with Gasteiger partial charge >= 0.3 is 0 Å². The van der Waals surface area contributed by atoms with Crippen molar-refractivity contribution in [2.75, 3.05) is 0 Å². The number of hydrogen-bond donors (Lipinski definition) is 0. The van der Waals surface area contributed by atoms with E-state index in [0.29, 0.717) is 12.0 Å². The van der Waals surface area contributed by atoms with Gasteiger partial charge in [0.05, 0.1) is 5.58 Å². The molecular weight excluding hydrogens is 712 g/mol. The molecule has 6 rings (SSSR count). The Bertz CT molecular complexity index is 2130. The van der Waals surface area contributed by atoms with E-state index in [4.69, 9.17) is 14.0 Å². The average molecular weight is 756 g/mol. The Kier molecular flexibility index (Phi) is 7.36. The Balaban J connectivity index is 0.000000221. The summed E-state index contributed by atoms with van der Waals surface area (Å²) in [6.45, 7) is 4.94. The molecule has 0 bridgehead atoms. The maximum Gasteiger partial charge on any atom is 0.120 e. The van der Waals surface area contributed by atoms with Crippen LogP contribution in [0.5, 0.6) is 0 Å². The largest absolute Gasteiger partial charge is 0.501 e. The maximum absolute atomic E-state index is 14.4. The van der Waals surface area contributed by atoms with Crippen LogP contribution < -0.4 is 0 Å². The zero-order chi connectivity index (χ0) is 35.9. The summed E-state index contributed by atoms with van der Waals surface area (Å²) in [4.78, 5) is 8.56. The molecule has 0 aliphatic heterocycles. The molecule has 6 aromatic rings. The van der Waals surface area contributed by atoms with Gasteiger partial charge in [0.15, 0.2) is 0 Å². The van der Waals surface area contributed by atoms with Crippen LogP contribution in [0.2, 0.25) is 0 Å². The minimum atomic E-state index is -2.42. The molecule has 0 saturated heterocycles. The third kappa shape index (κ3) is 7.47. The van der Waals surface area contributed by atoms with E-state index >= 15 is 0 Å². The second-order valence-electron chi connectivity index (χ2n) is 11.7. The standard InChI is InChI=1S/C20H16NO.C18H21FN.Ir/c1-13(2)14-10-11-21-18(12-14)17-8-5-7-16-15-6-3-4-9-19(15)22-20(16)17;1-12-6-7-15(16(19)8-12)17-9-14(10-18(3,4)5)13(2)11-20-17;/h3-7,9-13H,1-2H3;6,8-9,11H,10H2,1-5H3;/q2*-1;/i13D;1D3,2D3;. The van der Waals surface area contributed by atoms with Crippen LogP contribution in [0.1, 0.15) is 72.4 Å². The third-order valence-electron chi connectivity index (χ3n) is 6.79. The van der Waals surface area contributed by atoms with Gasteiger partial charge in [-0.1, -0.05) is 99.4 Å². The van der Waals surface area contributed by atoms with Crippen LogP contribution in [0.25, 0.3) is 44.5 Å². The van der Waals surface area contributed by atoms with Crippen molar-refractivity contribution in [3.63, 3.8) is 0 Å². The number of rotatable bonds is 4. The van der Waals surface area contributed by atoms with E-state index in [0.717, 1.165) is 44.8 Å². The van der Waals surface area contributed by atoms with Gasteiger partial charge in [-0.05, 0) is 53.7 Å². The summed E-state index contributed by atoms with van der Waals surface area (Å²) in [6, 6.07) is 25.4. The zero-order valence-electron chi connectivity index (χ0n) is 31.7. The molecule has 0 spiro atoms. The Labute approximate surface area is 277 Å². The molecule has 3 heterocycles. The summed E-state index contributed by atoms with van der Waals surface area (Å²) < 4.78 is 73.8. The number of aryl methyl sites for hydroxylation is 2. The van der Waals surface area contributed by atoms with Crippen molar-refractivity contribution in [3.8, 4) is 22.5 Å². The van der Waals surface area contributed by atoms with E-state index in [9.17, 15) is 4.39 Å². The minimum Gasteiger partial charge on any atom is -0.501 e. The number of nitrogens with zero attached hydrogens (tertiary/aromatic N) is 2. The fourth-order valence-corrected chi connectivity index (χ4v) is 4.78. The Hall–Kier alpha value is -3.66. The fourth-order valence-electron chi connectivity index (χ4n) is 4.78. The second-order valence-corrected chi connectivity index (χ2v) is 11.7. The zero-order valence-corrected chi connectivity index (χ0v) is 27.1. The Morgan fingerprint density at radius 3 is 2.47 bits per heavy atom. The monoisotopic (exact) mass is 756 g/mol. The van der Waals surface area contributed by atoms with Crippen LogP contribution in [0.3, 0.4) is 0 Å². The number of hydrogen-bond acceptors (Lipinski definition) is 3. The van der Waals surface area contributed by atoms with E-state index in [2.05, 4.69) is 28.2 Å². The number of furan rings is 1. The van der Waals surface area contributed by atoms with Gasteiger partial charge in [-0.2, -0.15) is 0 Å². The van der Waals surface area contributed by atoms with Crippen LogP contribution in [-0.4, -0.2) is 9.97 Å². The van der Waals surface area contributed by atoms with Gasteiger partial charge in [-0.15, -0.1) is 42.0 Å². The van der Waals surface area contributed by atoms with Crippen molar-refractivity contribution in [1.82, 2.24) is 9.97 Å². The minimum absolute atomic E-state index is 0. The van der Waals surface area contributed by atoms with Crippen molar-refractivity contribution in [2.24, 2.45) is 5.41 Å². The summed E-state index contributed by atoms with van der Waals surface area (Å²) in [5.74, 6) is -1.42. The summed E-state index contributed by atoms with van der Waals surface area (Å²) in [7, 11) is 0.